The van der Waals surface area contributed by atoms with Gasteiger partial charge in [0.2, 0.25) is 0 Å². The second kappa shape index (κ2) is 9.77. The fourth-order valence-corrected chi connectivity index (χ4v) is 4.23. The Balaban J connectivity index is 2.09. The molecule has 1 amide bonds. The predicted molar refractivity (Wildman–Crippen MR) is 122 cm³/mol. The number of halogens is 2. The number of ketones is 1. The third-order valence-corrected chi connectivity index (χ3v) is 6.12. The van der Waals surface area contributed by atoms with E-state index in [2.05, 4.69) is 34.7 Å². The summed E-state index contributed by atoms with van der Waals surface area (Å²) in [6.45, 7) is 6.86. The van der Waals surface area contributed by atoms with Crippen molar-refractivity contribution in [1.29, 1.82) is 0 Å². The van der Waals surface area contributed by atoms with Gasteiger partial charge in [0, 0.05) is 28.1 Å². The largest absolute Gasteiger partial charge is 0.507 e. The molecule has 0 unspecified atom stereocenters. The molecule has 0 aromatic heterocycles. The van der Waals surface area contributed by atoms with Gasteiger partial charge < -0.3 is 14.9 Å². The van der Waals surface area contributed by atoms with Crippen molar-refractivity contribution < 1.29 is 14.7 Å². The molecule has 1 fully saturated rings. The van der Waals surface area contributed by atoms with E-state index in [0.29, 0.717) is 23.7 Å². The summed E-state index contributed by atoms with van der Waals surface area (Å²) < 4.78 is 0.834. The highest BCUT2D eigenvalue weighted by atomic mass is 79.9. The lowest BCUT2D eigenvalue weighted by molar-refractivity contribution is -0.140. The van der Waals surface area contributed by atoms with Crippen LogP contribution in [0.3, 0.4) is 0 Å². The maximum Gasteiger partial charge on any atom is 0.295 e. The van der Waals surface area contributed by atoms with E-state index in [9.17, 15) is 14.7 Å². The standard InChI is InChI=1S/C23H24BrClN2O3/c1-3-26(4-2)12-13-27-20(16-6-5-7-17(24)14-16)19(22(29)23(27)30)21(28)15-8-10-18(25)11-9-15/h5-11,14,20,28H,3-4,12-13H2,1-2H3/b21-19+/t20-/m0/s1. The minimum Gasteiger partial charge on any atom is -0.507 e. The molecular formula is C23H24BrClN2O3. The van der Waals surface area contributed by atoms with Crippen LogP contribution in [-0.4, -0.2) is 52.8 Å². The SMILES string of the molecule is CCN(CC)CCN1C(=O)C(=O)/C(=C(/O)c2ccc(Cl)cc2)[C@@H]1c1cccc(Br)c1. The number of carbonyl (C=O) groups is 2. The summed E-state index contributed by atoms with van der Waals surface area (Å²) in [5.74, 6) is -1.46. The number of hydrogen-bond acceptors (Lipinski definition) is 4. The van der Waals surface area contributed by atoms with Crippen LogP contribution in [0.2, 0.25) is 5.02 Å². The van der Waals surface area contributed by atoms with E-state index in [-0.39, 0.29) is 11.3 Å². The summed E-state index contributed by atoms with van der Waals surface area (Å²) in [6, 6.07) is 13.4. The molecule has 3 rings (SSSR count). The molecule has 1 aliphatic rings. The number of likely N-dealkylation sites (N-methyl/N-ethyl adjacent to an activating group) is 1. The molecule has 2 aromatic rings. The number of aliphatic hydroxyl groups excluding tert-OH is 1. The van der Waals surface area contributed by atoms with Gasteiger partial charge in [-0.1, -0.05) is 53.5 Å². The molecular weight excluding hydrogens is 468 g/mol. The van der Waals surface area contributed by atoms with Crippen LogP contribution in [0.15, 0.2) is 58.6 Å². The number of Topliss-reactive ketones (excluding diaryl/α,β-unsaturated/α-hetero) is 1. The number of benzene rings is 2. The van der Waals surface area contributed by atoms with Gasteiger partial charge in [-0.05, 0) is 55.1 Å². The summed E-state index contributed by atoms with van der Waals surface area (Å²) in [4.78, 5) is 29.7. The number of hydrogen-bond donors (Lipinski definition) is 1. The fourth-order valence-electron chi connectivity index (χ4n) is 3.69. The van der Waals surface area contributed by atoms with Crippen molar-refractivity contribution in [2.24, 2.45) is 0 Å². The van der Waals surface area contributed by atoms with E-state index in [4.69, 9.17) is 11.6 Å². The first-order valence-electron chi connectivity index (χ1n) is 9.89. The van der Waals surface area contributed by atoms with Gasteiger partial charge in [0.15, 0.2) is 0 Å². The van der Waals surface area contributed by atoms with E-state index in [1.54, 1.807) is 29.2 Å². The van der Waals surface area contributed by atoms with Gasteiger partial charge in [0.25, 0.3) is 11.7 Å². The van der Waals surface area contributed by atoms with E-state index >= 15 is 0 Å². The zero-order valence-electron chi connectivity index (χ0n) is 16.9. The minimum absolute atomic E-state index is 0.0972. The summed E-state index contributed by atoms with van der Waals surface area (Å²) in [5.41, 5.74) is 1.31. The van der Waals surface area contributed by atoms with Gasteiger partial charge in [-0.2, -0.15) is 0 Å². The zero-order valence-corrected chi connectivity index (χ0v) is 19.3. The van der Waals surface area contributed by atoms with E-state index < -0.39 is 17.7 Å². The maximum absolute atomic E-state index is 13.0. The van der Waals surface area contributed by atoms with Gasteiger partial charge in [-0.15, -0.1) is 0 Å². The third-order valence-electron chi connectivity index (χ3n) is 5.37. The van der Waals surface area contributed by atoms with Crippen LogP contribution in [-0.2, 0) is 9.59 Å². The van der Waals surface area contributed by atoms with E-state index in [1.807, 2.05) is 24.3 Å². The molecule has 0 aliphatic carbocycles. The lowest BCUT2D eigenvalue weighted by Crippen LogP contribution is -2.38. The van der Waals surface area contributed by atoms with Crippen molar-refractivity contribution in [3.05, 3.63) is 74.7 Å². The smallest absolute Gasteiger partial charge is 0.295 e. The monoisotopic (exact) mass is 490 g/mol. The summed E-state index contributed by atoms with van der Waals surface area (Å²) in [7, 11) is 0. The molecule has 1 atom stereocenters. The number of aliphatic hydroxyl groups is 1. The first kappa shape index (κ1) is 22.5. The third kappa shape index (κ3) is 4.61. The first-order valence-corrected chi connectivity index (χ1v) is 11.1. The molecule has 30 heavy (non-hydrogen) atoms. The summed E-state index contributed by atoms with van der Waals surface area (Å²) >= 11 is 9.42. The molecule has 5 nitrogen and oxygen atoms in total. The number of rotatable bonds is 7. The Hall–Kier alpha value is -2.15. The highest BCUT2D eigenvalue weighted by Gasteiger charge is 2.46. The van der Waals surface area contributed by atoms with Gasteiger partial charge >= 0.3 is 0 Å². The molecule has 1 aliphatic heterocycles. The van der Waals surface area contributed by atoms with Gasteiger partial charge in [0.1, 0.15) is 5.76 Å². The molecule has 0 radical (unpaired) electrons. The van der Waals surface area contributed by atoms with Crippen LogP contribution in [0.4, 0.5) is 0 Å². The van der Waals surface area contributed by atoms with E-state index in [1.165, 1.54) is 0 Å². The zero-order chi connectivity index (χ0) is 21.8. The van der Waals surface area contributed by atoms with Gasteiger partial charge in [-0.3, -0.25) is 9.59 Å². The minimum atomic E-state index is -0.674. The number of amides is 1. The van der Waals surface area contributed by atoms with Crippen LogP contribution in [0.1, 0.15) is 31.0 Å². The highest BCUT2D eigenvalue weighted by molar-refractivity contribution is 9.10. The summed E-state index contributed by atoms with van der Waals surface area (Å²) in [5, 5.41) is 11.5. The molecule has 0 bridgehead atoms. The van der Waals surface area contributed by atoms with Crippen LogP contribution in [0, 0.1) is 0 Å². The molecule has 0 saturated carbocycles. The van der Waals surface area contributed by atoms with Gasteiger partial charge in [-0.25, -0.2) is 0 Å². The fraction of sp³-hybridized carbons (Fsp3) is 0.304. The topological polar surface area (TPSA) is 60.9 Å². The maximum atomic E-state index is 13.0. The molecule has 1 N–H and O–H groups in total. The Bertz CT molecular complexity index is 971. The molecule has 1 heterocycles. The highest BCUT2D eigenvalue weighted by Crippen LogP contribution is 2.40. The van der Waals surface area contributed by atoms with Crippen molar-refractivity contribution in [2.75, 3.05) is 26.2 Å². The van der Waals surface area contributed by atoms with Crippen LogP contribution in [0.5, 0.6) is 0 Å². The predicted octanol–water partition coefficient (Wildman–Crippen LogP) is 4.87. The molecule has 7 heteroatoms. The number of nitrogens with zero attached hydrogens (tertiary/aromatic N) is 2. The number of likely N-dealkylation sites (tertiary alicyclic amines) is 1. The Morgan fingerprint density at radius 1 is 1.13 bits per heavy atom. The first-order chi connectivity index (χ1) is 14.4. The van der Waals surface area contributed by atoms with Crippen molar-refractivity contribution in [1.82, 2.24) is 9.80 Å². The van der Waals surface area contributed by atoms with E-state index in [0.717, 1.165) is 23.1 Å². The molecule has 2 aromatic carbocycles. The molecule has 158 valence electrons. The lowest BCUT2D eigenvalue weighted by atomic mass is 9.95. The average Bonchev–Trinajstić information content (AvgIpc) is 2.99. The normalized spacial score (nSPS) is 18.4. The Kier molecular flexibility index (Phi) is 7.34. The lowest BCUT2D eigenvalue weighted by Gasteiger charge is -2.28. The quantitative estimate of drug-likeness (QED) is 0.341. The Morgan fingerprint density at radius 3 is 2.40 bits per heavy atom. The average molecular weight is 492 g/mol. The second-order valence-electron chi connectivity index (χ2n) is 7.08. The molecule has 0 spiro atoms. The van der Waals surface area contributed by atoms with Crippen molar-refractivity contribution in [2.45, 2.75) is 19.9 Å². The number of carbonyl (C=O) groups excluding carboxylic acids is 2. The molecule has 1 saturated heterocycles. The van der Waals surface area contributed by atoms with Crippen molar-refractivity contribution in [3.8, 4) is 0 Å². The summed E-state index contributed by atoms with van der Waals surface area (Å²) in [6.07, 6.45) is 0. The Labute approximate surface area is 190 Å². The van der Waals surface area contributed by atoms with Crippen LogP contribution in [0.25, 0.3) is 5.76 Å². The van der Waals surface area contributed by atoms with Crippen molar-refractivity contribution in [3.63, 3.8) is 0 Å². The van der Waals surface area contributed by atoms with Gasteiger partial charge in [0.05, 0.1) is 11.6 Å². The Morgan fingerprint density at radius 2 is 1.80 bits per heavy atom. The van der Waals surface area contributed by atoms with Crippen LogP contribution >= 0.6 is 27.5 Å². The second-order valence-corrected chi connectivity index (χ2v) is 8.43. The van der Waals surface area contributed by atoms with Crippen molar-refractivity contribution >= 4 is 45.0 Å². The van der Waals surface area contributed by atoms with Crippen LogP contribution < -0.4 is 0 Å².